The number of aromatic nitrogens is 3. The molecule has 8 nitrogen and oxygen atoms in total. The van der Waals surface area contributed by atoms with Gasteiger partial charge in [0.2, 0.25) is 5.91 Å². The predicted molar refractivity (Wildman–Crippen MR) is 119 cm³/mol. The molecule has 4 aromatic rings. The van der Waals surface area contributed by atoms with Gasteiger partial charge in [0.25, 0.3) is 5.91 Å². The van der Waals surface area contributed by atoms with E-state index in [0.29, 0.717) is 17.7 Å². The van der Waals surface area contributed by atoms with E-state index in [2.05, 4.69) is 21.7 Å². The van der Waals surface area contributed by atoms with Crippen LogP contribution in [0.5, 0.6) is 0 Å². The highest BCUT2D eigenvalue weighted by Crippen LogP contribution is 2.22. The second-order valence-electron chi connectivity index (χ2n) is 7.66. The summed E-state index contributed by atoms with van der Waals surface area (Å²) < 4.78 is 14.6. The normalized spacial score (nSPS) is 11.8. The maximum atomic E-state index is 13.0. The first kappa shape index (κ1) is 22.1. The summed E-state index contributed by atoms with van der Waals surface area (Å²) in [5.41, 5.74) is 3.50. The predicted octanol–water partition coefficient (Wildman–Crippen LogP) is 3.18. The highest BCUT2D eigenvalue weighted by atomic mass is 19.1. The Labute approximate surface area is 189 Å². The van der Waals surface area contributed by atoms with Crippen molar-refractivity contribution in [1.29, 1.82) is 0 Å². The maximum Gasteiger partial charge on any atom is 0.251 e. The van der Waals surface area contributed by atoms with Crippen LogP contribution in [0.1, 0.15) is 34.1 Å². The number of fused-ring (bicyclic) bond motifs is 1. The number of carbonyl (C=O) groups is 2. The van der Waals surface area contributed by atoms with Crippen molar-refractivity contribution in [3.05, 3.63) is 95.6 Å². The Balaban J connectivity index is 1.47. The van der Waals surface area contributed by atoms with Crippen molar-refractivity contribution in [3.8, 4) is 0 Å². The molecule has 0 aliphatic heterocycles. The van der Waals surface area contributed by atoms with E-state index in [-0.39, 0.29) is 18.9 Å². The van der Waals surface area contributed by atoms with E-state index in [1.807, 2.05) is 36.4 Å². The number of nitrogens with zero attached hydrogens (tertiary/aromatic N) is 3. The van der Waals surface area contributed by atoms with E-state index in [4.69, 9.17) is 5.21 Å². The van der Waals surface area contributed by atoms with E-state index in [1.165, 1.54) is 24.3 Å². The molecule has 168 valence electrons. The number of benzene rings is 3. The number of hydrogen-bond donors (Lipinski definition) is 3. The van der Waals surface area contributed by atoms with Crippen LogP contribution in [0, 0.1) is 5.82 Å². The van der Waals surface area contributed by atoms with Crippen molar-refractivity contribution >= 4 is 22.6 Å². The van der Waals surface area contributed by atoms with Gasteiger partial charge in [-0.25, -0.2) is 14.6 Å². The maximum absolute atomic E-state index is 13.0. The molecule has 0 aliphatic rings. The van der Waals surface area contributed by atoms with Crippen LogP contribution >= 0.6 is 0 Å². The van der Waals surface area contributed by atoms with Gasteiger partial charge in [0.15, 0.2) is 0 Å². The number of carbonyl (C=O) groups excluding carboxylic acids is 2. The van der Waals surface area contributed by atoms with Gasteiger partial charge in [-0.05, 0) is 47.0 Å². The zero-order chi connectivity index (χ0) is 23.2. The zero-order valence-corrected chi connectivity index (χ0v) is 17.6. The molecule has 0 aliphatic carbocycles. The van der Waals surface area contributed by atoms with Crippen molar-refractivity contribution in [2.75, 3.05) is 0 Å². The third-order valence-corrected chi connectivity index (χ3v) is 5.30. The molecule has 1 unspecified atom stereocenters. The smallest absolute Gasteiger partial charge is 0.251 e. The molecule has 1 atom stereocenters. The summed E-state index contributed by atoms with van der Waals surface area (Å²) in [6.07, 6.45) is 2.14. The highest BCUT2D eigenvalue weighted by Gasteiger charge is 2.19. The largest absolute Gasteiger partial charge is 0.346 e. The van der Waals surface area contributed by atoms with Crippen LogP contribution in [-0.2, 0) is 17.8 Å². The first-order valence-electron chi connectivity index (χ1n) is 10.4. The summed E-state index contributed by atoms with van der Waals surface area (Å²) in [5, 5.41) is 22.1. The SMILES string of the molecule is O=C(CC(Cc1ccc2ccccc2c1)n1cc(CNC(=O)c2ccc(F)cc2)nn1)NO. The van der Waals surface area contributed by atoms with Crippen LogP contribution in [0.15, 0.2) is 72.9 Å². The molecular weight excluding hydrogens is 425 g/mol. The quantitative estimate of drug-likeness (QED) is 0.284. The summed E-state index contributed by atoms with van der Waals surface area (Å²) in [5.74, 6) is -1.32. The summed E-state index contributed by atoms with van der Waals surface area (Å²) in [6.45, 7) is 0.116. The topological polar surface area (TPSA) is 109 Å². The molecule has 0 saturated heterocycles. The van der Waals surface area contributed by atoms with Crippen molar-refractivity contribution in [3.63, 3.8) is 0 Å². The lowest BCUT2D eigenvalue weighted by molar-refractivity contribution is -0.130. The summed E-state index contributed by atoms with van der Waals surface area (Å²) in [7, 11) is 0. The van der Waals surface area contributed by atoms with Gasteiger partial charge in [-0.15, -0.1) is 5.10 Å². The molecule has 9 heteroatoms. The number of hydroxylamine groups is 1. The van der Waals surface area contributed by atoms with Gasteiger partial charge >= 0.3 is 0 Å². The Kier molecular flexibility index (Phi) is 6.70. The third-order valence-electron chi connectivity index (χ3n) is 5.30. The van der Waals surface area contributed by atoms with Crippen LogP contribution in [-0.4, -0.2) is 32.0 Å². The Morgan fingerprint density at radius 2 is 1.79 bits per heavy atom. The molecule has 1 aromatic heterocycles. The minimum Gasteiger partial charge on any atom is -0.346 e. The fourth-order valence-electron chi connectivity index (χ4n) is 3.60. The second-order valence-corrected chi connectivity index (χ2v) is 7.66. The average Bonchev–Trinajstić information content (AvgIpc) is 3.31. The van der Waals surface area contributed by atoms with Crippen molar-refractivity contribution in [2.24, 2.45) is 0 Å². The van der Waals surface area contributed by atoms with Gasteiger partial charge in [0.05, 0.1) is 25.2 Å². The molecular formula is C24H22FN5O3. The van der Waals surface area contributed by atoms with Crippen molar-refractivity contribution in [1.82, 2.24) is 25.8 Å². The molecule has 4 rings (SSSR count). The average molecular weight is 447 g/mol. The summed E-state index contributed by atoms with van der Waals surface area (Å²) in [4.78, 5) is 24.1. The molecule has 0 bridgehead atoms. The lowest BCUT2D eigenvalue weighted by Crippen LogP contribution is -2.25. The van der Waals surface area contributed by atoms with E-state index >= 15 is 0 Å². The van der Waals surface area contributed by atoms with E-state index < -0.39 is 17.8 Å². The van der Waals surface area contributed by atoms with Gasteiger partial charge in [-0.2, -0.15) is 0 Å². The molecule has 2 amide bonds. The minimum atomic E-state index is -0.539. The van der Waals surface area contributed by atoms with Gasteiger partial charge in [0.1, 0.15) is 11.5 Å². The van der Waals surface area contributed by atoms with Crippen LogP contribution < -0.4 is 10.8 Å². The van der Waals surface area contributed by atoms with Crippen LogP contribution in [0.25, 0.3) is 10.8 Å². The lowest BCUT2D eigenvalue weighted by Gasteiger charge is -2.16. The molecule has 0 spiro atoms. The standard InChI is InChI=1S/C24H22FN5O3/c25-20-9-7-18(8-10-20)24(32)26-14-21-15-30(29-27-21)22(13-23(31)28-33)12-16-5-6-17-3-1-2-4-19(17)11-16/h1-11,15,22,33H,12-14H2,(H,26,32)(H,28,31). The molecule has 3 aromatic carbocycles. The second kappa shape index (κ2) is 10.0. The Bertz CT molecular complexity index is 1270. The van der Waals surface area contributed by atoms with Gasteiger partial charge in [-0.1, -0.05) is 47.7 Å². The van der Waals surface area contributed by atoms with E-state index in [1.54, 1.807) is 16.4 Å². The van der Waals surface area contributed by atoms with E-state index in [0.717, 1.165) is 16.3 Å². The first-order chi connectivity index (χ1) is 16.0. The van der Waals surface area contributed by atoms with Gasteiger partial charge in [0, 0.05) is 5.56 Å². The minimum absolute atomic E-state index is 0.00589. The lowest BCUT2D eigenvalue weighted by atomic mass is 10.00. The fourth-order valence-corrected chi connectivity index (χ4v) is 3.60. The van der Waals surface area contributed by atoms with E-state index in [9.17, 15) is 14.0 Å². The van der Waals surface area contributed by atoms with Gasteiger partial charge < -0.3 is 5.32 Å². The van der Waals surface area contributed by atoms with Crippen LogP contribution in [0.2, 0.25) is 0 Å². The molecule has 0 radical (unpaired) electrons. The number of halogens is 1. The highest BCUT2D eigenvalue weighted by molar-refractivity contribution is 5.94. The number of amides is 2. The first-order valence-corrected chi connectivity index (χ1v) is 10.4. The Morgan fingerprint density at radius 1 is 1.03 bits per heavy atom. The molecule has 0 saturated carbocycles. The fraction of sp³-hybridized carbons (Fsp3) is 0.167. The van der Waals surface area contributed by atoms with Crippen LogP contribution in [0.3, 0.4) is 0 Å². The summed E-state index contributed by atoms with van der Waals surface area (Å²) >= 11 is 0. The molecule has 0 fully saturated rings. The number of rotatable bonds is 8. The molecule has 3 N–H and O–H groups in total. The summed E-state index contributed by atoms with van der Waals surface area (Å²) in [6, 6.07) is 18.9. The zero-order valence-electron chi connectivity index (χ0n) is 17.6. The van der Waals surface area contributed by atoms with Crippen molar-refractivity contribution in [2.45, 2.75) is 25.4 Å². The van der Waals surface area contributed by atoms with Crippen molar-refractivity contribution < 1.29 is 19.2 Å². The molecule has 1 heterocycles. The monoisotopic (exact) mass is 447 g/mol. The third kappa shape index (κ3) is 5.58. The number of nitrogens with one attached hydrogen (secondary N) is 2. The molecule has 33 heavy (non-hydrogen) atoms. The van der Waals surface area contributed by atoms with Gasteiger partial charge in [-0.3, -0.25) is 14.8 Å². The Morgan fingerprint density at radius 3 is 2.55 bits per heavy atom. The van der Waals surface area contributed by atoms with Crippen LogP contribution in [0.4, 0.5) is 4.39 Å². The number of hydrogen-bond acceptors (Lipinski definition) is 5. The Hall–Kier alpha value is -4.11.